The van der Waals surface area contributed by atoms with Crippen LogP contribution < -0.4 is 15.8 Å². The van der Waals surface area contributed by atoms with Gasteiger partial charge in [-0.3, -0.25) is 4.79 Å². The Morgan fingerprint density at radius 2 is 2.24 bits per heavy atom. The standard InChI is InChI=1S/C16H23N3O2/c1-21-13-4-5-14(15(17)8-13)16(20)18-9-11-6-7-19(10-11)12-2-3-12/h4-5,8,11-12H,2-3,6-7,9-10,17H2,1H3,(H,18,20). The molecule has 1 aromatic rings. The van der Waals surface area contributed by atoms with Gasteiger partial charge in [-0.2, -0.15) is 0 Å². The fourth-order valence-electron chi connectivity index (χ4n) is 3.01. The Labute approximate surface area is 125 Å². The predicted molar refractivity (Wildman–Crippen MR) is 82.4 cm³/mol. The summed E-state index contributed by atoms with van der Waals surface area (Å²) in [5.41, 5.74) is 6.88. The minimum Gasteiger partial charge on any atom is -0.497 e. The van der Waals surface area contributed by atoms with E-state index in [1.54, 1.807) is 25.3 Å². The second-order valence-corrected chi connectivity index (χ2v) is 6.04. The zero-order chi connectivity index (χ0) is 14.8. The maximum atomic E-state index is 12.2. The zero-order valence-electron chi connectivity index (χ0n) is 12.5. The first-order valence-corrected chi connectivity index (χ1v) is 7.63. The topological polar surface area (TPSA) is 67.6 Å². The molecule has 0 aromatic heterocycles. The molecule has 3 N–H and O–H groups in total. The van der Waals surface area contributed by atoms with E-state index in [0.29, 0.717) is 22.9 Å². The number of anilines is 1. The van der Waals surface area contributed by atoms with Crippen LogP contribution in [0.1, 0.15) is 29.6 Å². The molecule has 1 amide bonds. The van der Waals surface area contributed by atoms with Gasteiger partial charge in [-0.05, 0) is 43.9 Å². The third kappa shape index (κ3) is 3.29. The largest absolute Gasteiger partial charge is 0.497 e. The van der Waals surface area contributed by atoms with Crippen LogP contribution in [0.3, 0.4) is 0 Å². The summed E-state index contributed by atoms with van der Waals surface area (Å²) in [6.07, 6.45) is 3.87. The van der Waals surface area contributed by atoms with E-state index in [2.05, 4.69) is 10.2 Å². The minimum atomic E-state index is -0.0972. The van der Waals surface area contributed by atoms with Gasteiger partial charge in [-0.25, -0.2) is 0 Å². The Morgan fingerprint density at radius 1 is 1.43 bits per heavy atom. The summed E-state index contributed by atoms with van der Waals surface area (Å²) >= 11 is 0. The SMILES string of the molecule is COc1ccc(C(=O)NCC2CCN(C3CC3)C2)c(N)c1. The van der Waals surface area contributed by atoms with Crippen molar-refractivity contribution in [3.63, 3.8) is 0 Å². The van der Waals surface area contributed by atoms with Gasteiger partial charge in [-0.1, -0.05) is 0 Å². The van der Waals surface area contributed by atoms with Gasteiger partial charge in [0.1, 0.15) is 5.75 Å². The van der Waals surface area contributed by atoms with Gasteiger partial charge in [-0.15, -0.1) is 0 Å². The monoisotopic (exact) mass is 289 g/mol. The average molecular weight is 289 g/mol. The summed E-state index contributed by atoms with van der Waals surface area (Å²) in [5, 5.41) is 3.01. The third-order valence-electron chi connectivity index (χ3n) is 4.44. The summed E-state index contributed by atoms with van der Waals surface area (Å²) in [7, 11) is 1.58. The summed E-state index contributed by atoms with van der Waals surface area (Å²) < 4.78 is 5.09. The molecule has 0 radical (unpaired) electrons. The maximum absolute atomic E-state index is 12.2. The lowest BCUT2D eigenvalue weighted by atomic mass is 10.1. The highest BCUT2D eigenvalue weighted by Gasteiger charge is 2.34. The first-order chi connectivity index (χ1) is 10.2. The number of carbonyl (C=O) groups excluding carboxylic acids is 1. The lowest BCUT2D eigenvalue weighted by Crippen LogP contribution is -2.31. The van der Waals surface area contributed by atoms with Gasteiger partial charge >= 0.3 is 0 Å². The van der Waals surface area contributed by atoms with Crippen LogP contribution in [0.25, 0.3) is 0 Å². The van der Waals surface area contributed by atoms with Crippen molar-refractivity contribution in [2.75, 3.05) is 32.5 Å². The number of nitrogens with one attached hydrogen (secondary N) is 1. The van der Waals surface area contributed by atoms with Gasteiger partial charge in [0.05, 0.1) is 12.7 Å². The van der Waals surface area contributed by atoms with E-state index in [4.69, 9.17) is 10.5 Å². The molecule has 5 heteroatoms. The highest BCUT2D eigenvalue weighted by Crippen LogP contribution is 2.31. The Kier molecular flexibility index (Phi) is 4.01. The van der Waals surface area contributed by atoms with Gasteiger partial charge < -0.3 is 20.7 Å². The van der Waals surface area contributed by atoms with Crippen molar-refractivity contribution >= 4 is 11.6 Å². The van der Waals surface area contributed by atoms with Gasteiger partial charge in [0.2, 0.25) is 0 Å². The van der Waals surface area contributed by atoms with Crippen LogP contribution in [-0.4, -0.2) is 43.6 Å². The molecular weight excluding hydrogens is 266 g/mol. The molecule has 5 nitrogen and oxygen atoms in total. The van der Waals surface area contributed by atoms with Crippen LogP contribution in [0.5, 0.6) is 5.75 Å². The molecule has 0 bridgehead atoms. The third-order valence-corrected chi connectivity index (χ3v) is 4.44. The molecule has 2 fully saturated rings. The molecule has 1 saturated carbocycles. The van der Waals surface area contributed by atoms with E-state index in [-0.39, 0.29) is 5.91 Å². The normalized spacial score (nSPS) is 22.2. The molecule has 1 aromatic carbocycles. The van der Waals surface area contributed by atoms with Crippen LogP contribution in [0.15, 0.2) is 18.2 Å². The number of benzene rings is 1. The van der Waals surface area contributed by atoms with Crippen LogP contribution in [0.4, 0.5) is 5.69 Å². The Hall–Kier alpha value is -1.75. The molecule has 1 aliphatic carbocycles. The van der Waals surface area contributed by atoms with Crippen molar-refractivity contribution in [1.82, 2.24) is 10.2 Å². The molecule has 114 valence electrons. The Balaban J connectivity index is 1.52. The Bertz CT molecular complexity index is 528. The number of nitrogens with zero attached hydrogens (tertiary/aromatic N) is 1. The van der Waals surface area contributed by atoms with Gasteiger partial charge in [0, 0.05) is 30.9 Å². The van der Waals surface area contributed by atoms with Crippen molar-refractivity contribution < 1.29 is 9.53 Å². The van der Waals surface area contributed by atoms with Crippen molar-refractivity contribution in [2.45, 2.75) is 25.3 Å². The maximum Gasteiger partial charge on any atom is 0.253 e. The molecule has 2 aliphatic rings. The van der Waals surface area contributed by atoms with Crippen LogP contribution >= 0.6 is 0 Å². The van der Waals surface area contributed by atoms with Crippen molar-refractivity contribution in [3.8, 4) is 5.75 Å². The molecule has 1 aliphatic heterocycles. The van der Waals surface area contributed by atoms with E-state index in [1.807, 2.05) is 0 Å². The summed E-state index contributed by atoms with van der Waals surface area (Å²) in [6, 6.07) is 5.98. The number of carbonyl (C=O) groups is 1. The number of rotatable bonds is 5. The summed E-state index contributed by atoms with van der Waals surface area (Å²) in [5.74, 6) is 1.13. The van der Waals surface area contributed by atoms with Crippen LogP contribution in [-0.2, 0) is 0 Å². The summed E-state index contributed by atoms with van der Waals surface area (Å²) in [6.45, 7) is 3.02. The summed E-state index contributed by atoms with van der Waals surface area (Å²) in [4.78, 5) is 14.8. The van der Waals surface area contributed by atoms with Crippen LogP contribution in [0, 0.1) is 5.92 Å². The lowest BCUT2D eigenvalue weighted by Gasteiger charge is -2.15. The second kappa shape index (κ2) is 5.93. The zero-order valence-corrected chi connectivity index (χ0v) is 12.5. The van der Waals surface area contributed by atoms with Gasteiger partial charge in [0.25, 0.3) is 5.91 Å². The van der Waals surface area contributed by atoms with E-state index in [1.165, 1.54) is 25.8 Å². The second-order valence-electron chi connectivity index (χ2n) is 6.04. The van der Waals surface area contributed by atoms with Crippen molar-refractivity contribution in [2.24, 2.45) is 5.92 Å². The lowest BCUT2D eigenvalue weighted by molar-refractivity contribution is 0.0948. The van der Waals surface area contributed by atoms with Crippen molar-refractivity contribution in [3.05, 3.63) is 23.8 Å². The highest BCUT2D eigenvalue weighted by atomic mass is 16.5. The fraction of sp³-hybridized carbons (Fsp3) is 0.562. The van der Waals surface area contributed by atoms with E-state index in [0.717, 1.165) is 19.1 Å². The molecule has 0 spiro atoms. The molecule has 3 rings (SSSR count). The Morgan fingerprint density at radius 3 is 2.90 bits per heavy atom. The average Bonchev–Trinajstić information content (AvgIpc) is 3.23. The number of methoxy groups -OCH3 is 1. The number of nitrogen functional groups attached to an aromatic ring is 1. The first-order valence-electron chi connectivity index (χ1n) is 7.63. The first kappa shape index (κ1) is 14.2. The predicted octanol–water partition coefficient (Wildman–Crippen LogP) is 1.49. The van der Waals surface area contributed by atoms with E-state index < -0.39 is 0 Å². The molecule has 1 heterocycles. The molecular formula is C16H23N3O2. The smallest absolute Gasteiger partial charge is 0.253 e. The van der Waals surface area contributed by atoms with Crippen molar-refractivity contribution in [1.29, 1.82) is 0 Å². The number of amides is 1. The van der Waals surface area contributed by atoms with E-state index in [9.17, 15) is 4.79 Å². The van der Waals surface area contributed by atoms with Gasteiger partial charge in [0.15, 0.2) is 0 Å². The molecule has 1 saturated heterocycles. The number of hydrogen-bond acceptors (Lipinski definition) is 4. The number of hydrogen-bond donors (Lipinski definition) is 2. The molecule has 1 unspecified atom stereocenters. The number of nitrogens with two attached hydrogens (primary N) is 1. The number of likely N-dealkylation sites (tertiary alicyclic amines) is 1. The molecule has 21 heavy (non-hydrogen) atoms. The van der Waals surface area contributed by atoms with Crippen LogP contribution in [0.2, 0.25) is 0 Å². The highest BCUT2D eigenvalue weighted by molar-refractivity contribution is 5.99. The quantitative estimate of drug-likeness (QED) is 0.806. The molecule has 1 atom stereocenters. The number of ether oxygens (including phenoxy) is 1. The minimum absolute atomic E-state index is 0.0972. The van der Waals surface area contributed by atoms with E-state index >= 15 is 0 Å². The fourth-order valence-corrected chi connectivity index (χ4v) is 3.01.